The number of anilines is 3. The van der Waals surface area contributed by atoms with E-state index >= 15 is 0 Å². The number of carbonyl (C=O) groups is 2. The highest BCUT2D eigenvalue weighted by molar-refractivity contribution is 6.03. The SMILES string of the molecule is COC(=O)c1ccc(NC(=O)c2ccc(Nc3ccc4c(c3)OCO4)cn2)cc1. The van der Waals surface area contributed by atoms with E-state index in [2.05, 4.69) is 20.4 Å². The molecule has 0 fully saturated rings. The standard InChI is InChI=1S/C21H17N3O5/c1-27-21(26)13-2-4-14(5-3-13)24-20(25)17-8-6-16(11-22-17)23-15-7-9-18-19(10-15)29-12-28-18/h2-11,23H,12H2,1H3,(H,24,25). The van der Waals surface area contributed by atoms with Crippen molar-refractivity contribution in [2.45, 2.75) is 0 Å². The minimum Gasteiger partial charge on any atom is -0.465 e. The monoisotopic (exact) mass is 391 g/mol. The molecule has 8 nitrogen and oxygen atoms in total. The average molecular weight is 391 g/mol. The van der Waals surface area contributed by atoms with Crippen molar-refractivity contribution in [3.63, 3.8) is 0 Å². The van der Waals surface area contributed by atoms with Gasteiger partial charge in [0.05, 0.1) is 24.6 Å². The lowest BCUT2D eigenvalue weighted by Crippen LogP contribution is -2.13. The topological polar surface area (TPSA) is 98.8 Å². The number of aromatic nitrogens is 1. The largest absolute Gasteiger partial charge is 0.465 e. The Kier molecular flexibility index (Phi) is 4.98. The summed E-state index contributed by atoms with van der Waals surface area (Å²) in [7, 11) is 1.31. The number of amides is 1. The first-order chi connectivity index (χ1) is 14.1. The van der Waals surface area contributed by atoms with E-state index in [1.807, 2.05) is 18.2 Å². The molecule has 2 N–H and O–H groups in total. The molecule has 146 valence electrons. The molecular weight excluding hydrogens is 374 g/mol. The fourth-order valence-electron chi connectivity index (χ4n) is 2.75. The van der Waals surface area contributed by atoms with Gasteiger partial charge in [0.15, 0.2) is 11.5 Å². The third kappa shape index (κ3) is 4.11. The fraction of sp³-hybridized carbons (Fsp3) is 0.0952. The first-order valence-corrected chi connectivity index (χ1v) is 8.75. The molecule has 1 amide bonds. The molecule has 29 heavy (non-hydrogen) atoms. The Morgan fingerprint density at radius 2 is 1.66 bits per heavy atom. The number of methoxy groups -OCH3 is 1. The number of carbonyl (C=O) groups excluding carboxylic acids is 2. The normalized spacial score (nSPS) is 11.6. The minimum absolute atomic E-state index is 0.218. The van der Waals surface area contributed by atoms with Crippen LogP contribution in [-0.4, -0.2) is 30.8 Å². The molecule has 0 atom stereocenters. The van der Waals surface area contributed by atoms with Crippen molar-refractivity contribution in [3.8, 4) is 11.5 Å². The van der Waals surface area contributed by atoms with Crippen molar-refractivity contribution in [3.05, 3.63) is 72.1 Å². The number of fused-ring (bicyclic) bond motifs is 1. The van der Waals surface area contributed by atoms with Gasteiger partial charge in [0.25, 0.3) is 5.91 Å². The summed E-state index contributed by atoms with van der Waals surface area (Å²) >= 11 is 0. The molecule has 2 aromatic carbocycles. The summed E-state index contributed by atoms with van der Waals surface area (Å²) in [6, 6.07) is 15.3. The molecule has 1 aliphatic rings. The molecule has 0 bridgehead atoms. The summed E-state index contributed by atoms with van der Waals surface area (Å²) in [4.78, 5) is 28.0. The first kappa shape index (κ1) is 18.3. The van der Waals surface area contributed by atoms with Gasteiger partial charge in [-0.1, -0.05) is 0 Å². The quantitative estimate of drug-likeness (QED) is 0.641. The molecule has 8 heteroatoms. The van der Waals surface area contributed by atoms with E-state index in [1.54, 1.807) is 42.6 Å². The zero-order chi connectivity index (χ0) is 20.2. The highest BCUT2D eigenvalue weighted by Gasteiger charge is 2.14. The van der Waals surface area contributed by atoms with Gasteiger partial charge < -0.3 is 24.8 Å². The number of ether oxygens (including phenoxy) is 3. The van der Waals surface area contributed by atoms with Crippen LogP contribution in [0.2, 0.25) is 0 Å². The number of hydrogen-bond donors (Lipinski definition) is 2. The van der Waals surface area contributed by atoms with Gasteiger partial charge in [0, 0.05) is 17.4 Å². The van der Waals surface area contributed by atoms with E-state index in [9.17, 15) is 9.59 Å². The Bertz CT molecular complexity index is 1050. The van der Waals surface area contributed by atoms with Crippen LogP contribution in [0.5, 0.6) is 11.5 Å². The average Bonchev–Trinajstić information content (AvgIpc) is 3.22. The van der Waals surface area contributed by atoms with Crippen LogP contribution in [-0.2, 0) is 4.74 Å². The molecule has 0 unspecified atom stereocenters. The summed E-state index contributed by atoms with van der Waals surface area (Å²) in [6.45, 7) is 0.218. The summed E-state index contributed by atoms with van der Waals surface area (Å²) in [5.74, 6) is 0.595. The van der Waals surface area contributed by atoms with Gasteiger partial charge in [-0.15, -0.1) is 0 Å². The van der Waals surface area contributed by atoms with Gasteiger partial charge in [-0.05, 0) is 48.5 Å². The second kappa shape index (κ2) is 7.89. The summed E-state index contributed by atoms with van der Waals surface area (Å²) < 4.78 is 15.3. The van der Waals surface area contributed by atoms with E-state index in [-0.39, 0.29) is 18.4 Å². The van der Waals surface area contributed by atoms with Crippen molar-refractivity contribution < 1.29 is 23.8 Å². The lowest BCUT2D eigenvalue weighted by atomic mass is 10.2. The van der Waals surface area contributed by atoms with Crippen LogP contribution in [0.4, 0.5) is 17.1 Å². The Hall–Kier alpha value is -4.07. The van der Waals surface area contributed by atoms with Crippen LogP contribution < -0.4 is 20.1 Å². The van der Waals surface area contributed by atoms with Gasteiger partial charge >= 0.3 is 5.97 Å². The Labute approximate surface area is 166 Å². The zero-order valence-corrected chi connectivity index (χ0v) is 15.5. The van der Waals surface area contributed by atoms with Crippen molar-refractivity contribution in [1.29, 1.82) is 0 Å². The number of pyridine rings is 1. The second-order valence-electron chi connectivity index (χ2n) is 6.15. The molecule has 0 saturated carbocycles. The predicted octanol–water partition coefficient (Wildman–Crippen LogP) is 3.59. The third-order valence-corrected chi connectivity index (χ3v) is 4.22. The fourth-order valence-corrected chi connectivity index (χ4v) is 2.75. The number of nitrogens with zero attached hydrogens (tertiary/aromatic N) is 1. The van der Waals surface area contributed by atoms with Crippen LogP contribution >= 0.6 is 0 Å². The van der Waals surface area contributed by atoms with Gasteiger partial charge in [0.1, 0.15) is 5.69 Å². The molecule has 0 spiro atoms. The van der Waals surface area contributed by atoms with E-state index in [4.69, 9.17) is 9.47 Å². The van der Waals surface area contributed by atoms with Gasteiger partial charge in [-0.2, -0.15) is 0 Å². The molecule has 1 aromatic heterocycles. The third-order valence-electron chi connectivity index (χ3n) is 4.22. The maximum Gasteiger partial charge on any atom is 0.337 e. The maximum atomic E-state index is 12.4. The van der Waals surface area contributed by atoms with E-state index in [0.717, 1.165) is 11.4 Å². The zero-order valence-electron chi connectivity index (χ0n) is 15.5. The van der Waals surface area contributed by atoms with Crippen LogP contribution in [0.15, 0.2) is 60.8 Å². The van der Waals surface area contributed by atoms with Gasteiger partial charge in [-0.3, -0.25) is 4.79 Å². The number of rotatable bonds is 5. The molecule has 4 rings (SSSR count). The number of esters is 1. The van der Waals surface area contributed by atoms with Crippen molar-refractivity contribution in [2.75, 3.05) is 24.5 Å². The summed E-state index contributed by atoms with van der Waals surface area (Å²) in [5.41, 5.74) is 2.76. The molecule has 1 aliphatic heterocycles. The maximum absolute atomic E-state index is 12.4. The summed E-state index contributed by atoms with van der Waals surface area (Å²) in [5, 5.41) is 5.93. The smallest absolute Gasteiger partial charge is 0.337 e. The predicted molar refractivity (Wildman–Crippen MR) is 106 cm³/mol. The van der Waals surface area contributed by atoms with E-state index in [0.29, 0.717) is 22.7 Å². The number of benzene rings is 2. The van der Waals surface area contributed by atoms with Gasteiger partial charge in [-0.25, -0.2) is 9.78 Å². The Morgan fingerprint density at radius 1 is 0.931 bits per heavy atom. The van der Waals surface area contributed by atoms with Crippen LogP contribution in [0, 0.1) is 0 Å². The highest BCUT2D eigenvalue weighted by Crippen LogP contribution is 2.35. The minimum atomic E-state index is -0.435. The van der Waals surface area contributed by atoms with Gasteiger partial charge in [0.2, 0.25) is 6.79 Å². The summed E-state index contributed by atoms with van der Waals surface area (Å²) in [6.07, 6.45) is 1.57. The highest BCUT2D eigenvalue weighted by atomic mass is 16.7. The van der Waals surface area contributed by atoms with Crippen LogP contribution in [0.1, 0.15) is 20.8 Å². The Balaban J connectivity index is 1.39. The van der Waals surface area contributed by atoms with E-state index < -0.39 is 5.97 Å². The van der Waals surface area contributed by atoms with Crippen LogP contribution in [0.3, 0.4) is 0 Å². The van der Waals surface area contributed by atoms with Crippen molar-refractivity contribution in [2.24, 2.45) is 0 Å². The number of hydrogen-bond acceptors (Lipinski definition) is 7. The molecule has 2 heterocycles. The lowest BCUT2D eigenvalue weighted by Gasteiger charge is -2.09. The molecule has 3 aromatic rings. The molecule has 0 aliphatic carbocycles. The first-order valence-electron chi connectivity index (χ1n) is 8.75. The van der Waals surface area contributed by atoms with E-state index in [1.165, 1.54) is 7.11 Å². The second-order valence-corrected chi connectivity index (χ2v) is 6.15. The lowest BCUT2D eigenvalue weighted by molar-refractivity contribution is 0.0600. The molecular formula is C21H17N3O5. The Morgan fingerprint density at radius 3 is 2.38 bits per heavy atom. The van der Waals surface area contributed by atoms with Crippen molar-refractivity contribution in [1.82, 2.24) is 4.98 Å². The molecule has 0 radical (unpaired) electrons. The van der Waals surface area contributed by atoms with Crippen LogP contribution in [0.25, 0.3) is 0 Å². The van der Waals surface area contributed by atoms with Crippen molar-refractivity contribution >= 4 is 28.9 Å². The number of nitrogens with one attached hydrogen (secondary N) is 2. The molecule has 0 saturated heterocycles.